The van der Waals surface area contributed by atoms with E-state index in [1.54, 1.807) is 21.1 Å². The molecule has 0 radical (unpaired) electrons. The molecule has 3 rings (SSSR count). The third-order valence-corrected chi connectivity index (χ3v) is 6.62. The molecule has 0 saturated heterocycles. The Morgan fingerprint density at radius 1 is 0.842 bits per heavy atom. The number of esters is 1. The molecule has 0 saturated carbocycles. The van der Waals surface area contributed by atoms with Gasteiger partial charge in [-0.1, -0.05) is 31.2 Å². The number of carbonyl (C=O) groups is 2. The van der Waals surface area contributed by atoms with Crippen LogP contribution in [0.25, 0.3) is 0 Å². The van der Waals surface area contributed by atoms with Crippen LogP contribution in [0.2, 0.25) is 0 Å². The maximum atomic E-state index is 13.1. The lowest BCUT2D eigenvalue weighted by Gasteiger charge is -2.27. The molecule has 1 aromatic heterocycles. The molecule has 8 heteroatoms. The first-order chi connectivity index (χ1) is 18.1. The third kappa shape index (κ3) is 6.25. The Bertz CT molecular complexity index is 1250. The van der Waals surface area contributed by atoms with Crippen LogP contribution in [0.15, 0.2) is 48.7 Å². The number of Topliss-reactive ketones (excluding diaryl/α,β-unsaturated/α-hetero) is 1. The van der Waals surface area contributed by atoms with Crippen molar-refractivity contribution < 1.29 is 33.6 Å². The van der Waals surface area contributed by atoms with Crippen LogP contribution in [-0.4, -0.2) is 49.3 Å². The van der Waals surface area contributed by atoms with Crippen molar-refractivity contribution in [1.29, 1.82) is 0 Å². The Hall–Kier alpha value is -4.07. The minimum atomic E-state index is -0.766. The fourth-order valence-corrected chi connectivity index (χ4v) is 4.43. The molecule has 0 spiro atoms. The molecule has 8 nitrogen and oxygen atoms in total. The maximum absolute atomic E-state index is 13.1. The number of hydrogen-bond donors (Lipinski definition) is 1. The summed E-state index contributed by atoms with van der Waals surface area (Å²) in [4.78, 5) is 29.9. The van der Waals surface area contributed by atoms with Crippen LogP contribution in [0.3, 0.4) is 0 Å². The summed E-state index contributed by atoms with van der Waals surface area (Å²) in [5, 5.41) is 10.3. The first-order valence-electron chi connectivity index (χ1n) is 12.4. The quantitative estimate of drug-likeness (QED) is 0.264. The molecule has 0 aliphatic rings. The van der Waals surface area contributed by atoms with Crippen molar-refractivity contribution in [3.8, 4) is 23.0 Å². The van der Waals surface area contributed by atoms with Crippen LogP contribution in [0.1, 0.15) is 58.9 Å². The van der Waals surface area contributed by atoms with Crippen LogP contribution < -0.4 is 14.2 Å². The van der Waals surface area contributed by atoms with Crippen LogP contribution in [0.4, 0.5) is 0 Å². The molecular weight excluding hydrogens is 486 g/mol. The fourth-order valence-electron chi connectivity index (χ4n) is 4.43. The smallest absolute Gasteiger partial charge is 0.309 e. The molecule has 38 heavy (non-hydrogen) atoms. The maximum Gasteiger partial charge on any atom is 0.309 e. The average molecular weight is 522 g/mol. The lowest BCUT2D eigenvalue weighted by atomic mass is 9.86. The number of aryl methyl sites for hydroxylation is 2. The standard InChI is InChI=1S/C30H35NO7/c1-17-8-10-21(15-25(17)36-6)27(22-11-9-18(2)26(16-22)37-7)20(4)38-30(34)19(3)14-23(32)28-29(33)24(35-5)12-13-31-28/h8-13,15-16,19-20,27,33H,14H2,1-7H3/t19-,20+/m1/s1. The van der Waals surface area contributed by atoms with Crippen LogP contribution in [0.5, 0.6) is 23.0 Å². The van der Waals surface area contributed by atoms with Gasteiger partial charge in [-0.05, 0) is 55.2 Å². The van der Waals surface area contributed by atoms with Gasteiger partial charge < -0.3 is 24.1 Å². The Labute approximate surface area is 223 Å². The molecule has 0 aliphatic heterocycles. The molecule has 0 fully saturated rings. The number of carbonyl (C=O) groups excluding carboxylic acids is 2. The molecule has 202 valence electrons. The van der Waals surface area contributed by atoms with Crippen LogP contribution in [0, 0.1) is 19.8 Å². The number of pyridine rings is 1. The zero-order valence-electron chi connectivity index (χ0n) is 22.9. The number of benzene rings is 2. The van der Waals surface area contributed by atoms with E-state index < -0.39 is 23.8 Å². The Kier molecular flexibility index (Phi) is 9.34. The van der Waals surface area contributed by atoms with Crippen molar-refractivity contribution in [3.05, 3.63) is 76.6 Å². The lowest BCUT2D eigenvalue weighted by molar-refractivity contribution is -0.153. The minimum Gasteiger partial charge on any atom is -0.503 e. The number of aromatic nitrogens is 1. The zero-order chi connectivity index (χ0) is 28.0. The highest BCUT2D eigenvalue weighted by molar-refractivity contribution is 5.99. The third-order valence-electron chi connectivity index (χ3n) is 6.62. The van der Waals surface area contributed by atoms with Crippen LogP contribution >= 0.6 is 0 Å². The highest BCUT2D eigenvalue weighted by Gasteiger charge is 2.30. The summed E-state index contributed by atoms with van der Waals surface area (Å²) in [6.45, 7) is 7.36. The van der Waals surface area contributed by atoms with Crippen LogP contribution in [-0.2, 0) is 9.53 Å². The van der Waals surface area contributed by atoms with Gasteiger partial charge in [0.25, 0.3) is 0 Å². The second-order valence-corrected chi connectivity index (χ2v) is 9.32. The Morgan fingerprint density at radius 3 is 1.87 bits per heavy atom. The molecule has 0 aliphatic carbocycles. The van der Waals surface area contributed by atoms with Gasteiger partial charge >= 0.3 is 5.97 Å². The highest BCUT2D eigenvalue weighted by atomic mass is 16.5. The fraction of sp³-hybridized carbons (Fsp3) is 0.367. The van der Waals surface area contributed by atoms with Crippen molar-refractivity contribution in [3.63, 3.8) is 0 Å². The van der Waals surface area contributed by atoms with Crippen molar-refractivity contribution in [2.75, 3.05) is 21.3 Å². The van der Waals surface area contributed by atoms with E-state index in [4.69, 9.17) is 18.9 Å². The zero-order valence-corrected chi connectivity index (χ0v) is 22.9. The van der Waals surface area contributed by atoms with Gasteiger partial charge in [0.2, 0.25) is 0 Å². The van der Waals surface area contributed by atoms with Gasteiger partial charge in [-0.15, -0.1) is 0 Å². The summed E-state index contributed by atoms with van der Waals surface area (Å²) in [6, 6.07) is 13.3. The number of hydrogen-bond acceptors (Lipinski definition) is 8. The van der Waals surface area contributed by atoms with E-state index in [2.05, 4.69) is 4.98 Å². The number of rotatable bonds is 11. The van der Waals surface area contributed by atoms with E-state index in [1.807, 2.05) is 57.2 Å². The first kappa shape index (κ1) is 28.5. The van der Waals surface area contributed by atoms with Crippen molar-refractivity contribution in [1.82, 2.24) is 4.98 Å². The highest BCUT2D eigenvalue weighted by Crippen LogP contribution is 2.36. The average Bonchev–Trinajstić information content (AvgIpc) is 2.90. The number of ether oxygens (including phenoxy) is 4. The molecule has 2 aromatic carbocycles. The van der Waals surface area contributed by atoms with E-state index >= 15 is 0 Å². The topological polar surface area (TPSA) is 104 Å². The van der Waals surface area contributed by atoms with Gasteiger partial charge in [-0.3, -0.25) is 9.59 Å². The van der Waals surface area contributed by atoms with Gasteiger partial charge in [0.05, 0.1) is 27.2 Å². The molecule has 1 heterocycles. The molecular formula is C30H35NO7. The van der Waals surface area contributed by atoms with E-state index in [0.29, 0.717) is 0 Å². The lowest BCUT2D eigenvalue weighted by Crippen LogP contribution is -2.28. The molecule has 0 amide bonds. The summed E-state index contributed by atoms with van der Waals surface area (Å²) in [7, 11) is 4.62. The van der Waals surface area contributed by atoms with Crippen molar-refractivity contribution in [2.45, 2.75) is 46.1 Å². The van der Waals surface area contributed by atoms with Gasteiger partial charge in [0, 0.05) is 24.6 Å². The van der Waals surface area contributed by atoms with Gasteiger partial charge in [-0.2, -0.15) is 0 Å². The van der Waals surface area contributed by atoms with Gasteiger partial charge in [0.15, 0.2) is 23.0 Å². The van der Waals surface area contributed by atoms with E-state index in [1.165, 1.54) is 19.4 Å². The van der Waals surface area contributed by atoms with Crippen molar-refractivity contribution >= 4 is 11.8 Å². The molecule has 3 aromatic rings. The molecule has 0 unspecified atom stereocenters. The number of methoxy groups -OCH3 is 3. The Morgan fingerprint density at radius 2 is 1.37 bits per heavy atom. The van der Waals surface area contributed by atoms with Gasteiger partial charge in [0.1, 0.15) is 17.6 Å². The monoisotopic (exact) mass is 521 g/mol. The molecule has 2 atom stereocenters. The minimum absolute atomic E-state index is 0.136. The summed E-state index contributed by atoms with van der Waals surface area (Å²) >= 11 is 0. The van der Waals surface area contributed by atoms with Crippen molar-refractivity contribution in [2.24, 2.45) is 5.92 Å². The number of ketones is 1. The SMILES string of the molecule is COc1cc(C(c2ccc(C)c(OC)c2)[C@H](C)OC(=O)[C@H](C)CC(=O)c2nccc(OC)c2O)ccc1C. The van der Waals surface area contributed by atoms with E-state index in [-0.39, 0.29) is 29.5 Å². The second kappa shape index (κ2) is 12.4. The molecule has 1 N–H and O–H groups in total. The largest absolute Gasteiger partial charge is 0.503 e. The normalized spacial score (nSPS) is 12.5. The summed E-state index contributed by atoms with van der Waals surface area (Å²) in [5.74, 6) is -0.858. The predicted octanol–water partition coefficient (Wildman–Crippen LogP) is 5.40. The number of aromatic hydroxyl groups is 1. The first-order valence-corrected chi connectivity index (χ1v) is 12.4. The Balaban J connectivity index is 1.86. The summed E-state index contributed by atoms with van der Waals surface area (Å²) in [5.41, 5.74) is 3.65. The van der Waals surface area contributed by atoms with Gasteiger partial charge in [-0.25, -0.2) is 4.98 Å². The summed E-state index contributed by atoms with van der Waals surface area (Å²) < 4.78 is 22.1. The summed E-state index contributed by atoms with van der Waals surface area (Å²) in [6.07, 6.45) is 0.608. The van der Waals surface area contributed by atoms with E-state index in [9.17, 15) is 14.7 Å². The second-order valence-electron chi connectivity index (χ2n) is 9.32. The number of nitrogens with zero attached hydrogens (tertiary/aromatic N) is 1. The van der Waals surface area contributed by atoms with E-state index in [0.717, 1.165) is 33.8 Å². The predicted molar refractivity (Wildman–Crippen MR) is 143 cm³/mol. The molecule has 0 bridgehead atoms.